The van der Waals surface area contributed by atoms with Crippen molar-refractivity contribution in [3.05, 3.63) is 99.9 Å². The van der Waals surface area contributed by atoms with Gasteiger partial charge in [0.05, 0.1) is 12.7 Å². The van der Waals surface area contributed by atoms with Crippen LogP contribution >= 0.6 is 0 Å². The Labute approximate surface area is 212 Å². The smallest absolute Gasteiger partial charge is 0.167 e. The molecule has 1 N–H and O–H groups in total. The average molecular weight is 515 g/mol. The van der Waals surface area contributed by atoms with Crippen LogP contribution in [0, 0.1) is 29.1 Å². The number of halogens is 5. The summed E-state index contributed by atoms with van der Waals surface area (Å²) in [7, 11) is 0. The minimum Gasteiger partial charge on any atom is -0.388 e. The van der Waals surface area contributed by atoms with Crippen LogP contribution in [0.1, 0.15) is 79.4 Å². The Hall–Kier alpha value is -3.03. The molecule has 1 heterocycles. The molecule has 0 saturated carbocycles. The van der Waals surface area contributed by atoms with Gasteiger partial charge in [-0.1, -0.05) is 55.8 Å². The predicted molar refractivity (Wildman–Crippen MR) is 131 cm³/mol. The Morgan fingerprint density at radius 3 is 2.24 bits per heavy atom. The highest BCUT2D eigenvalue weighted by Crippen LogP contribution is 2.40. The average Bonchev–Trinajstić information content (AvgIpc) is 3.73. The molecule has 0 aromatic heterocycles. The quantitative estimate of drug-likeness (QED) is 0.254. The molecule has 3 aromatic carbocycles. The highest BCUT2D eigenvalue weighted by atomic mass is 19.2. The molecule has 37 heavy (non-hydrogen) atoms. The fourth-order valence-corrected chi connectivity index (χ4v) is 5.14. The molecule has 2 aliphatic rings. The van der Waals surface area contributed by atoms with Gasteiger partial charge in [-0.2, -0.15) is 0 Å². The molecule has 3 atom stereocenters. The zero-order chi connectivity index (χ0) is 26.3. The summed E-state index contributed by atoms with van der Waals surface area (Å²) in [6.45, 7) is 2.20. The summed E-state index contributed by atoms with van der Waals surface area (Å²) >= 11 is 0. The molecule has 1 saturated heterocycles. The van der Waals surface area contributed by atoms with Crippen molar-refractivity contribution in [3.8, 4) is 11.1 Å². The van der Waals surface area contributed by atoms with Crippen LogP contribution in [0.4, 0.5) is 22.0 Å². The highest BCUT2D eigenvalue weighted by molar-refractivity contribution is 5.72. The number of benzene rings is 3. The fourth-order valence-electron chi connectivity index (χ4n) is 5.14. The summed E-state index contributed by atoms with van der Waals surface area (Å²) < 4.78 is 78.6. The summed E-state index contributed by atoms with van der Waals surface area (Å²) in [5.41, 5.74) is 1.62. The third-order valence-electron chi connectivity index (χ3n) is 7.34. The first-order valence-corrected chi connectivity index (χ1v) is 12.5. The van der Waals surface area contributed by atoms with Crippen LogP contribution in [-0.2, 0) is 4.74 Å². The predicted octanol–water partition coefficient (Wildman–Crippen LogP) is 8.31. The van der Waals surface area contributed by atoms with E-state index in [1.807, 2.05) is 13.0 Å². The molecular formula is C30H27F5O2. The van der Waals surface area contributed by atoms with Crippen LogP contribution in [0.5, 0.6) is 0 Å². The van der Waals surface area contributed by atoms with Crippen molar-refractivity contribution in [1.82, 2.24) is 0 Å². The second kappa shape index (κ2) is 10.4. The molecule has 1 aliphatic carbocycles. The normalized spacial score (nSPS) is 20.0. The first-order chi connectivity index (χ1) is 17.8. The van der Waals surface area contributed by atoms with Crippen LogP contribution < -0.4 is 0 Å². The van der Waals surface area contributed by atoms with Gasteiger partial charge in [-0.05, 0) is 54.4 Å². The van der Waals surface area contributed by atoms with Gasteiger partial charge < -0.3 is 9.84 Å². The minimum atomic E-state index is -1.11. The van der Waals surface area contributed by atoms with E-state index < -0.39 is 41.3 Å². The molecular weight excluding hydrogens is 487 g/mol. The Morgan fingerprint density at radius 1 is 0.892 bits per heavy atom. The van der Waals surface area contributed by atoms with E-state index in [4.69, 9.17) is 4.74 Å². The van der Waals surface area contributed by atoms with Crippen molar-refractivity contribution >= 4 is 5.57 Å². The summed E-state index contributed by atoms with van der Waals surface area (Å²) in [6.07, 6.45) is 2.88. The number of hydrogen-bond donors (Lipinski definition) is 1. The van der Waals surface area contributed by atoms with Gasteiger partial charge in [0.1, 0.15) is 11.9 Å². The summed E-state index contributed by atoms with van der Waals surface area (Å²) in [5.74, 6) is -5.00. The highest BCUT2D eigenvalue weighted by Gasteiger charge is 2.31. The number of epoxide rings is 1. The van der Waals surface area contributed by atoms with E-state index in [0.717, 1.165) is 5.57 Å². The van der Waals surface area contributed by atoms with E-state index >= 15 is 4.39 Å². The van der Waals surface area contributed by atoms with Crippen LogP contribution in [0.25, 0.3) is 16.7 Å². The maximum atomic E-state index is 15.0. The maximum absolute atomic E-state index is 15.0. The van der Waals surface area contributed by atoms with Crippen molar-refractivity contribution in [2.75, 3.05) is 6.61 Å². The Balaban J connectivity index is 1.34. The lowest BCUT2D eigenvalue weighted by Gasteiger charge is -2.24. The molecule has 5 rings (SSSR count). The van der Waals surface area contributed by atoms with Crippen LogP contribution in [0.15, 0.2) is 48.5 Å². The molecule has 2 nitrogen and oxygen atoms in total. The molecule has 0 radical (unpaired) electrons. The van der Waals surface area contributed by atoms with Crippen molar-refractivity contribution in [3.63, 3.8) is 0 Å². The molecule has 194 valence electrons. The SMILES string of the molecule is CCCC(O)c1ccc(C2CC=C(c3ccc(-c4ccc(C5CO5)c(F)c4F)c(F)c3)CC2)c(F)c1F. The summed E-state index contributed by atoms with van der Waals surface area (Å²) in [6, 6.07) is 10.1. The molecule has 3 aromatic rings. The van der Waals surface area contributed by atoms with Crippen LogP contribution in [-0.4, -0.2) is 11.7 Å². The standard InChI is InChI=1S/C30H27F5O2/c1-2-3-25(36)22-12-10-19(27(32)29(22)34)17-6-4-16(5-7-17)18-8-9-20(24(31)14-18)21-11-13-23(26-15-37-26)30(35)28(21)33/h4,8-14,17,25-26,36H,2-3,5-7,15H2,1H3. The van der Waals surface area contributed by atoms with E-state index in [1.165, 1.54) is 30.3 Å². The van der Waals surface area contributed by atoms with E-state index in [2.05, 4.69) is 0 Å². The molecule has 0 bridgehead atoms. The van der Waals surface area contributed by atoms with Gasteiger partial charge in [0.2, 0.25) is 0 Å². The van der Waals surface area contributed by atoms with E-state index in [0.29, 0.717) is 44.3 Å². The zero-order valence-electron chi connectivity index (χ0n) is 20.3. The number of aliphatic hydroxyl groups excluding tert-OH is 1. The number of aliphatic hydroxyl groups is 1. The monoisotopic (exact) mass is 514 g/mol. The van der Waals surface area contributed by atoms with Gasteiger partial charge in [0, 0.05) is 22.3 Å². The third-order valence-corrected chi connectivity index (χ3v) is 7.34. The van der Waals surface area contributed by atoms with E-state index in [1.54, 1.807) is 12.1 Å². The second-order valence-electron chi connectivity index (χ2n) is 9.72. The maximum Gasteiger partial charge on any atom is 0.167 e. The lowest BCUT2D eigenvalue weighted by atomic mass is 9.81. The van der Waals surface area contributed by atoms with E-state index in [-0.39, 0.29) is 33.7 Å². The second-order valence-corrected chi connectivity index (χ2v) is 9.72. The van der Waals surface area contributed by atoms with Gasteiger partial charge in [-0.3, -0.25) is 0 Å². The molecule has 0 spiro atoms. The van der Waals surface area contributed by atoms with Crippen molar-refractivity contribution in [2.45, 2.75) is 57.2 Å². The van der Waals surface area contributed by atoms with Gasteiger partial charge >= 0.3 is 0 Å². The minimum absolute atomic E-state index is 0.0301. The van der Waals surface area contributed by atoms with Crippen molar-refractivity contribution in [1.29, 1.82) is 0 Å². The lowest BCUT2D eigenvalue weighted by Crippen LogP contribution is -2.10. The molecule has 1 fully saturated rings. The third kappa shape index (κ3) is 4.94. The number of hydrogen-bond acceptors (Lipinski definition) is 2. The number of allylic oxidation sites excluding steroid dienone is 2. The summed E-state index contributed by atoms with van der Waals surface area (Å²) in [5, 5.41) is 10.1. The van der Waals surface area contributed by atoms with Crippen molar-refractivity contribution < 1.29 is 31.8 Å². The zero-order valence-corrected chi connectivity index (χ0v) is 20.3. The van der Waals surface area contributed by atoms with Crippen LogP contribution in [0.3, 0.4) is 0 Å². The Morgan fingerprint density at radius 2 is 1.59 bits per heavy atom. The number of rotatable bonds is 7. The van der Waals surface area contributed by atoms with Gasteiger partial charge in [-0.25, -0.2) is 22.0 Å². The van der Waals surface area contributed by atoms with Gasteiger partial charge in [-0.15, -0.1) is 0 Å². The Bertz CT molecular complexity index is 1360. The fraction of sp³-hybridized carbons (Fsp3) is 0.333. The lowest BCUT2D eigenvalue weighted by molar-refractivity contribution is 0.160. The van der Waals surface area contributed by atoms with Crippen molar-refractivity contribution in [2.24, 2.45) is 0 Å². The first kappa shape index (κ1) is 25.6. The van der Waals surface area contributed by atoms with E-state index in [9.17, 15) is 22.7 Å². The van der Waals surface area contributed by atoms with Crippen LogP contribution in [0.2, 0.25) is 0 Å². The van der Waals surface area contributed by atoms with Gasteiger partial charge in [0.15, 0.2) is 23.3 Å². The number of ether oxygens (including phenoxy) is 1. The summed E-state index contributed by atoms with van der Waals surface area (Å²) in [4.78, 5) is 0. The molecule has 7 heteroatoms. The largest absolute Gasteiger partial charge is 0.388 e. The molecule has 1 aliphatic heterocycles. The molecule has 0 amide bonds. The Kier molecular flexibility index (Phi) is 7.19. The first-order valence-electron chi connectivity index (χ1n) is 12.5. The topological polar surface area (TPSA) is 32.8 Å². The van der Waals surface area contributed by atoms with Gasteiger partial charge in [0.25, 0.3) is 0 Å². The molecule has 3 unspecified atom stereocenters.